The van der Waals surface area contributed by atoms with Crippen molar-refractivity contribution in [1.82, 2.24) is 40.4 Å². The smallest absolute Gasteiger partial charge is 0.229 e. The van der Waals surface area contributed by atoms with Crippen LogP contribution in [0.25, 0.3) is 22.3 Å². The third-order valence-electron chi connectivity index (χ3n) is 7.54. The Morgan fingerprint density at radius 3 is 1.06 bits per heavy atom. The molecule has 50 heavy (non-hydrogen) atoms. The molecule has 4 aromatic carbocycles. The lowest BCUT2D eigenvalue weighted by atomic mass is 9.92. The van der Waals surface area contributed by atoms with Crippen LogP contribution in [0.3, 0.4) is 0 Å². The molecule has 6 aromatic rings. The molecular weight excluding hydrogens is 675 g/mol. The summed E-state index contributed by atoms with van der Waals surface area (Å²) in [6, 6.07) is 22.4. The monoisotopic (exact) mass is 701 g/mol. The maximum Gasteiger partial charge on any atom is 0.698 e. The molecule has 252 valence electrons. The molecule has 2 aromatic heterocycles. The largest absolute Gasteiger partial charge is 0.698 e. The third kappa shape index (κ3) is 7.76. The molecule has 6 rings (SSSR count). The lowest BCUT2D eigenvalue weighted by Crippen LogP contribution is -2.08. The first-order valence-electron chi connectivity index (χ1n) is 14.9. The van der Waals surface area contributed by atoms with Gasteiger partial charge in [-0.05, 0) is 103 Å². The fraction of sp³-hybridized carbons (Fsp3) is 0.118. The van der Waals surface area contributed by atoms with E-state index in [2.05, 4.69) is 31.1 Å². The van der Waals surface area contributed by atoms with Crippen molar-refractivity contribution in [2.75, 3.05) is 13.2 Å². The van der Waals surface area contributed by atoms with Crippen LogP contribution in [0.4, 0.5) is 17.6 Å². The van der Waals surface area contributed by atoms with Crippen LogP contribution in [-0.2, 0) is 27.7 Å². The molecule has 0 aliphatic carbocycles. The molecule has 0 saturated carbocycles. The first-order chi connectivity index (χ1) is 24.2. The Morgan fingerprint density at radius 2 is 0.820 bits per heavy atom. The zero-order valence-electron chi connectivity index (χ0n) is 26.4. The van der Waals surface area contributed by atoms with Gasteiger partial charge in [0.1, 0.15) is 36.5 Å². The van der Waals surface area contributed by atoms with Gasteiger partial charge in [0.25, 0.3) is 0 Å². The molecule has 0 unspecified atom stereocenters. The van der Waals surface area contributed by atoms with Crippen molar-refractivity contribution in [3.63, 3.8) is 0 Å². The Hall–Kier alpha value is -5.76. The van der Waals surface area contributed by atoms with E-state index in [4.69, 9.17) is 9.05 Å². The van der Waals surface area contributed by atoms with Crippen LogP contribution in [0, 0.1) is 23.3 Å². The van der Waals surface area contributed by atoms with E-state index in [0.29, 0.717) is 44.5 Å². The summed E-state index contributed by atoms with van der Waals surface area (Å²) >= 11 is 0. The summed E-state index contributed by atoms with van der Waals surface area (Å²) in [5, 5.41) is 23.5. The average molecular weight is 702 g/mol. The van der Waals surface area contributed by atoms with Crippen molar-refractivity contribution in [1.29, 1.82) is 0 Å². The quantitative estimate of drug-likeness (QED) is 0.103. The number of aromatic nitrogens is 8. The Kier molecular flexibility index (Phi) is 10.4. The van der Waals surface area contributed by atoms with Crippen molar-refractivity contribution >= 4 is 30.5 Å². The molecule has 0 fully saturated rings. The maximum absolute atomic E-state index is 14.0. The van der Waals surface area contributed by atoms with Gasteiger partial charge in [0.15, 0.2) is 11.6 Å². The van der Waals surface area contributed by atoms with E-state index in [1.165, 1.54) is 106 Å². The summed E-state index contributed by atoms with van der Waals surface area (Å²) in [6.45, 7) is -0.721. The number of hydrogen-bond acceptors (Lipinski definition) is 9. The van der Waals surface area contributed by atoms with Gasteiger partial charge in [0.05, 0.1) is 0 Å². The van der Waals surface area contributed by atoms with Gasteiger partial charge < -0.3 is 0 Å². The number of benzene rings is 4. The van der Waals surface area contributed by atoms with E-state index < -0.39 is 31.5 Å². The molecule has 16 heteroatoms. The van der Waals surface area contributed by atoms with E-state index in [-0.39, 0.29) is 24.9 Å². The van der Waals surface area contributed by atoms with E-state index in [1.54, 1.807) is 14.1 Å². The number of nitrogens with zero attached hydrogens (tertiary/aromatic N) is 8. The lowest BCUT2D eigenvalue weighted by molar-refractivity contribution is 0.266. The second-order valence-corrected chi connectivity index (χ2v) is 11.7. The zero-order valence-corrected chi connectivity index (χ0v) is 27.3. The Morgan fingerprint density at radius 1 is 0.540 bits per heavy atom. The minimum Gasteiger partial charge on any atom is -0.229 e. The summed E-state index contributed by atoms with van der Waals surface area (Å²) in [6.07, 6.45) is 0. The molecule has 2 heterocycles. The number of halogens is 4. The normalized spacial score (nSPS) is 11.0. The number of rotatable bonds is 12. The molecule has 11 nitrogen and oxygen atoms in total. The highest BCUT2D eigenvalue weighted by molar-refractivity contribution is 7.33. The molecule has 0 bridgehead atoms. The molecule has 0 aliphatic heterocycles. The highest BCUT2D eigenvalue weighted by Crippen LogP contribution is 2.37. The van der Waals surface area contributed by atoms with Crippen LogP contribution in [0.1, 0.15) is 33.9 Å². The highest BCUT2D eigenvalue weighted by atomic mass is 31.1. The van der Waals surface area contributed by atoms with Crippen molar-refractivity contribution in [3.05, 3.63) is 154 Å². The van der Waals surface area contributed by atoms with Gasteiger partial charge in [-0.1, -0.05) is 48.5 Å². The van der Waals surface area contributed by atoms with Gasteiger partial charge in [-0.3, -0.25) is 0 Å². The minimum absolute atomic E-state index is 0.234. The number of hydrogen-bond donors (Lipinski definition) is 0. The first-order valence-corrected chi connectivity index (χ1v) is 16.0. The molecule has 0 radical (unpaired) electrons. The molecular formula is C34H26F4N8O3P+. The van der Waals surface area contributed by atoms with Crippen LogP contribution in [0.15, 0.2) is 97.1 Å². The summed E-state index contributed by atoms with van der Waals surface area (Å²) in [4.78, 5) is 0. The third-order valence-corrected chi connectivity index (χ3v) is 8.22. The van der Waals surface area contributed by atoms with E-state index in [1.807, 2.05) is 0 Å². The van der Waals surface area contributed by atoms with Gasteiger partial charge in [-0.25, -0.2) is 26.9 Å². The number of tetrazole rings is 2. The van der Waals surface area contributed by atoms with E-state index in [0.717, 1.165) is 0 Å². The Labute approximate surface area is 283 Å². The summed E-state index contributed by atoms with van der Waals surface area (Å²) in [5.41, 5.74) is 3.72. The van der Waals surface area contributed by atoms with Crippen molar-refractivity contribution in [3.8, 4) is 0 Å². The van der Waals surface area contributed by atoms with Crippen LogP contribution >= 0.6 is 8.25 Å². The molecule has 0 amide bonds. The standard InChI is InChI=1S/C34H26F4N8O3P/c1-45-33(39-41-43-45)29(31(21-3-11-25(35)12-4-21)22-5-13-26(36)14-6-22)19-48-50(47)49-20-30(34-40-42-44-46(34)2)32(23-7-15-27(37)16-8-23)24-9-17-28(38)18-10-24/h3-18H,19-20H2,1-2H3/q+1. The molecule has 0 atom stereocenters. The summed E-state index contributed by atoms with van der Waals surface area (Å²) in [7, 11) is 0.313. The second kappa shape index (κ2) is 15.2. The lowest BCUT2D eigenvalue weighted by Gasteiger charge is -2.15. The molecule has 0 spiro atoms. The van der Waals surface area contributed by atoms with Crippen LogP contribution < -0.4 is 0 Å². The van der Waals surface area contributed by atoms with Gasteiger partial charge in [0.2, 0.25) is 0 Å². The summed E-state index contributed by atoms with van der Waals surface area (Å²) in [5.74, 6) is -1.40. The van der Waals surface area contributed by atoms with Crippen LogP contribution in [-0.4, -0.2) is 53.6 Å². The van der Waals surface area contributed by atoms with Gasteiger partial charge in [-0.2, -0.15) is 0 Å². The Bertz CT molecular complexity index is 1940. The summed E-state index contributed by atoms with van der Waals surface area (Å²) < 4.78 is 83.6. The van der Waals surface area contributed by atoms with Gasteiger partial charge in [0, 0.05) is 29.8 Å². The maximum atomic E-state index is 14.0. The predicted molar refractivity (Wildman–Crippen MR) is 175 cm³/mol. The van der Waals surface area contributed by atoms with Gasteiger partial charge in [-0.15, -0.1) is 19.2 Å². The van der Waals surface area contributed by atoms with Crippen molar-refractivity contribution in [2.24, 2.45) is 14.1 Å². The van der Waals surface area contributed by atoms with E-state index >= 15 is 0 Å². The topological polar surface area (TPSA) is 123 Å². The van der Waals surface area contributed by atoms with E-state index in [9.17, 15) is 22.1 Å². The fourth-order valence-corrected chi connectivity index (χ4v) is 5.78. The number of aryl methyl sites for hydroxylation is 2. The molecule has 0 aliphatic rings. The molecule has 0 N–H and O–H groups in total. The van der Waals surface area contributed by atoms with Crippen LogP contribution in [0.2, 0.25) is 0 Å². The van der Waals surface area contributed by atoms with Crippen molar-refractivity contribution in [2.45, 2.75) is 0 Å². The predicted octanol–water partition coefficient (Wildman–Crippen LogP) is 6.60. The van der Waals surface area contributed by atoms with Crippen molar-refractivity contribution < 1.29 is 31.2 Å². The first kappa shape index (κ1) is 34.1. The fourth-order valence-electron chi connectivity index (χ4n) is 5.24. The van der Waals surface area contributed by atoms with Crippen LogP contribution in [0.5, 0.6) is 0 Å². The Balaban J connectivity index is 1.38. The average Bonchev–Trinajstić information content (AvgIpc) is 3.74. The zero-order chi connectivity index (χ0) is 35.2. The second-order valence-electron chi connectivity index (χ2n) is 10.8. The van der Waals surface area contributed by atoms with Gasteiger partial charge >= 0.3 is 8.25 Å². The SMILES string of the molecule is Cn1nnnc1C(CO[P+](=O)OCC(=C(c1ccc(F)cc1)c1ccc(F)cc1)c1nnnn1C)=C(c1ccc(F)cc1)c1ccc(F)cc1. The molecule has 0 saturated heterocycles. The minimum atomic E-state index is -2.88. The highest BCUT2D eigenvalue weighted by Gasteiger charge is 2.29.